The molecule has 9 heteroatoms. The molecule has 3 N–H and O–H groups in total. The summed E-state index contributed by atoms with van der Waals surface area (Å²) in [7, 11) is 0. The number of fused-ring (bicyclic) bond motifs is 1. The monoisotopic (exact) mass is 328 g/mol. The van der Waals surface area contributed by atoms with Crippen molar-refractivity contribution in [3.05, 3.63) is 40.8 Å². The van der Waals surface area contributed by atoms with Gasteiger partial charge in [0, 0.05) is 25.2 Å². The SMILES string of the molecule is C=CC(=O)NN1CCC[C@@H](c2ncc(C(N)=O)c3c2=NC(=O)N=3)C1. The van der Waals surface area contributed by atoms with Gasteiger partial charge < -0.3 is 5.73 Å². The summed E-state index contributed by atoms with van der Waals surface area (Å²) >= 11 is 0. The standard InChI is InChI=1S/C15H16N6O3/c1-2-10(22)20-21-5-3-4-8(7-21)11-13-12(18-15(24)19-13)9(6-17-11)14(16)23/h2,6,8H,1,3-5,7H2,(H2,16,23)(H,20,22)/t8-/m1/s1. The summed E-state index contributed by atoms with van der Waals surface area (Å²) in [5.41, 5.74) is 8.69. The molecule has 1 atom stereocenters. The molecule has 0 bridgehead atoms. The number of hydrazine groups is 1. The van der Waals surface area contributed by atoms with Gasteiger partial charge in [-0.2, -0.15) is 9.98 Å². The van der Waals surface area contributed by atoms with Crippen LogP contribution in [-0.4, -0.2) is 40.9 Å². The van der Waals surface area contributed by atoms with Crippen LogP contribution in [0, 0.1) is 0 Å². The lowest BCUT2D eigenvalue weighted by Gasteiger charge is -2.32. The zero-order valence-electron chi connectivity index (χ0n) is 12.9. The third-order valence-electron chi connectivity index (χ3n) is 4.00. The predicted molar refractivity (Wildman–Crippen MR) is 82.4 cm³/mol. The Hall–Kier alpha value is -2.94. The van der Waals surface area contributed by atoms with Gasteiger partial charge in [0.05, 0.1) is 11.3 Å². The Labute approximate surface area is 136 Å². The Morgan fingerprint density at radius 1 is 1.38 bits per heavy atom. The highest BCUT2D eigenvalue weighted by molar-refractivity contribution is 5.93. The second-order valence-corrected chi connectivity index (χ2v) is 5.59. The molecule has 3 rings (SSSR count). The number of hydrogen-bond acceptors (Lipinski definition) is 5. The van der Waals surface area contributed by atoms with Gasteiger partial charge in [0.15, 0.2) is 0 Å². The highest BCUT2D eigenvalue weighted by atomic mass is 16.2. The molecule has 24 heavy (non-hydrogen) atoms. The lowest BCUT2D eigenvalue weighted by molar-refractivity contribution is -0.121. The van der Waals surface area contributed by atoms with E-state index in [1.165, 1.54) is 12.3 Å². The number of aromatic nitrogens is 1. The van der Waals surface area contributed by atoms with Gasteiger partial charge in [0.2, 0.25) is 0 Å². The molecule has 1 aromatic heterocycles. The van der Waals surface area contributed by atoms with Crippen LogP contribution in [0.25, 0.3) is 0 Å². The van der Waals surface area contributed by atoms with Crippen molar-refractivity contribution < 1.29 is 14.4 Å². The third-order valence-corrected chi connectivity index (χ3v) is 4.00. The van der Waals surface area contributed by atoms with E-state index in [0.29, 0.717) is 24.1 Å². The Bertz CT molecular complexity index is 863. The minimum atomic E-state index is -0.706. The van der Waals surface area contributed by atoms with Crippen molar-refractivity contribution >= 4 is 17.8 Å². The Kier molecular flexibility index (Phi) is 4.17. The average Bonchev–Trinajstić information content (AvgIpc) is 2.94. The fourth-order valence-corrected chi connectivity index (χ4v) is 2.93. The molecular formula is C15H16N6O3. The summed E-state index contributed by atoms with van der Waals surface area (Å²) in [6.07, 6.45) is 4.18. The van der Waals surface area contributed by atoms with E-state index in [4.69, 9.17) is 5.73 Å². The number of pyridine rings is 1. The molecule has 0 saturated carbocycles. The van der Waals surface area contributed by atoms with Crippen LogP contribution < -0.4 is 21.9 Å². The van der Waals surface area contributed by atoms with Crippen molar-refractivity contribution in [1.82, 2.24) is 15.4 Å². The molecule has 2 aliphatic heterocycles. The number of hydrogen-bond donors (Lipinski definition) is 2. The zero-order valence-corrected chi connectivity index (χ0v) is 12.9. The number of amides is 4. The smallest absolute Gasteiger partial charge is 0.365 e. The molecule has 2 aliphatic rings. The third kappa shape index (κ3) is 2.93. The van der Waals surface area contributed by atoms with E-state index in [1.54, 1.807) is 5.01 Å². The topological polar surface area (TPSA) is 130 Å². The number of nitrogens with one attached hydrogen (secondary N) is 1. The van der Waals surface area contributed by atoms with Gasteiger partial charge >= 0.3 is 6.03 Å². The Balaban J connectivity index is 1.95. The van der Waals surface area contributed by atoms with E-state index in [1.807, 2.05) is 0 Å². The van der Waals surface area contributed by atoms with Crippen LogP contribution in [0.5, 0.6) is 0 Å². The van der Waals surface area contributed by atoms with Crippen molar-refractivity contribution in [2.75, 3.05) is 13.1 Å². The first-order valence-electron chi connectivity index (χ1n) is 7.47. The summed E-state index contributed by atoms with van der Waals surface area (Å²) < 4.78 is 0. The minimum Gasteiger partial charge on any atom is -0.365 e. The summed E-state index contributed by atoms with van der Waals surface area (Å²) in [6, 6.07) is -0.672. The van der Waals surface area contributed by atoms with Crippen LogP contribution in [0.2, 0.25) is 0 Å². The molecule has 0 spiro atoms. The van der Waals surface area contributed by atoms with E-state index >= 15 is 0 Å². The molecule has 0 aliphatic carbocycles. The number of piperidine rings is 1. The first kappa shape index (κ1) is 15.9. The lowest BCUT2D eigenvalue weighted by atomic mass is 9.94. The van der Waals surface area contributed by atoms with E-state index in [9.17, 15) is 14.4 Å². The quantitative estimate of drug-likeness (QED) is 0.681. The number of primary amides is 1. The number of carbonyl (C=O) groups is 3. The minimum absolute atomic E-state index is 0.0515. The fourth-order valence-electron chi connectivity index (χ4n) is 2.93. The lowest BCUT2D eigenvalue weighted by Crippen LogP contribution is -2.48. The van der Waals surface area contributed by atoms with Crippen molar-refractivity contribution in [2.24, 2.45) is 15.7 Å². The molecule has 4 amide bonds. The summed E-state index contributed by atoms with van der Waals surface area (Å²) in [5.74, 6) is -1.04. The van der Waals surface area contributed by atoms with Gasteiger partial charge in [0.1, 0.15) is 10.7 Å². The number of nitrogens with zero attached hydrogens (tertiary/aromatic N) is 4. The maximum Gasteiger partial charge on any atom is 0.368 e. The first-order valence-corrected chi connectivity index (χ1v) is 7.47. The van der Waals surface area contributed by atoms with Crippen molar-refractivity contribution in [3.8, 4) is 0 Å². The van der Waals surface area contributed by atoms with Gasteiger partial charge in [-0.15, -0.1) is 0 Å². The maximum absolute atomic E-state index is 11.6. The van der Waals surface area contributed by atoms with Gasteiger partial charge in [-0.3, -0.25) is 20.0 Å². The Morgan fingerprint density at radius 3 is 2.83 bits per heavy atom. The molecule has 0 aromatic carbocycles. The second kappa shape index (κ2) is 6.28. The number of nitrogens with two attached hydrogens (primary N) is 1. The Morgan fingerprint density at radius 2 is 2.12 bits per heavy atom. The molecule has 124 valence electrons. The molecule has 1 aromatic rings. The normalized spacial score (nSPS) is 19.8. The second-order valence-electron chi connectivity index (χ2n) is 5.59. The van der Waals surface area contributed by atoms with Crippen LogP contribution in [0.3, 0.4) is 0 Å². The van der Waals surface area contributed by atoms with E-state index in [-0.39, 0.29) is 22.7 Å². The van der Waals surface area contributed by atoms with Gasteiger partial charge in [-0.1, -0.05) is 6.58 Å². The molecule has 3 heterocycles. The highest BCUT2D eigenvalue weighted by Crippen LogP contribution is 2.22. The van der Waals surface area contributed by atoms with Crippen LogP contribution in [0.1, 0.15) is 34.8 Å². The van der Waals surface area contributed by atoms with Crippen LogP contribution in [-0.2, 0) is 4.79 Å². The first-order chi connectivity index (χ1) is 11.5. The van der Waals surface area contributed by atoms with Gasteiger partial charge in [-0.25, -0.2) is 9.80 Å². The average molecular weight is 328 g/mol. The molecule has 0 unspecified atom stereocenters. The fraction of sp³-hybridized carbons (Fsp3) is 0.333. The number of carbonyl (C=O) groups excluding carboxylic acids is 3. The largest absolute Gasteiger partial charge is 0.368 e. The van der Waals surface area contributed by atoms with Crippen LogP contribution in [0.4, 0.5) is 4.79 Å². The van der Waals surface area contributed by atoms with Crippen LogP contribution in [0.15, 0.2) is 28.8 Å². The molecular weight excluding hydrogens is 312 g/mol. The van der Waals surface area contributed by atoms with Crippen molar-refractivity contribution in [1.29, 1.82) is 0 Å². The summed E-state index contributed by atoms with van der Waals surface area (Å²) in [5, 5.41) is 2.27. The summed E-state index contributed by atoms with van der Waals surface area (Å²) in [4.78, 5) is 46.4. The number of rotatable bonds is 4. The van der Waals surface area contributed by atoms with Crippen molar-refractivity contribution in [2.45, 2.75) is 18.8 Å². The van der Waals surface area contributed by atoms with Crippen LogP contribution >= 0.6 is 0 Å². The highest BCUT2D eigenvalue weighted by Gasteiger charge is 2.27. The number of urea groups is 1. The van der Waals surface area contributed by atoms with Crippen molar-refractivity contribution in [3.63, 3.8) is 0 Å². The zero-order chi connectivity index (χ0) is 17.3. The molecule has 9 nitrogen and oxygen atoms in total. The molecule has 1 saturated heterocycles. The summed E-state index contributed by atoms with van der Waals surface area (Å²) in [6.45, 7) is 4.64. The van der Waals surface area contributed by atoms with Gasteiger partial charge in [0.25, 0.3) is 11.8 Å². The predicted octanol–water partition coefficient (Wildman–Crippen LogP) is -1.05. The maximum atomic E-state index is 11.6. The van der Waals surface area contributed by atoms with E-state index < -0.39 is 11.9 Å². The molecule has 0 radical (unpaired) electrons. The van der Waals surface area contributed by atoms with Gasteiger partial charge in [-0.05, 0) is 18.9 Å². The van der Waals surface area contributed by atoms with E-state index in [0.717, 1.165) is 12.8 Å². The van der Waals surface area contributed by atoms with E-state index in [2.05, 4.69) is 27.0 Å². The molecule has 1 fully saturated rings.